The molecule has 4 nitrogen and oxygen atoms in total. The third-order valence-corrected chi connectivity index (χ3v) is 5.28. The Morgan fingerprint density at radius 2 is 2.00 bits per heavy atom. The quantitative estimate of drug-likeness (QED) is 0.846. The zero-order valence-electron chi connectivity index (χ0n) is 11.3. The number of hydrogen-bond acceptors (Lipinski definition) is 3. The second-order valence-electron chi connectivity index (χ2n) is 5.26. The molecule has 0 heterocycles. The van der Waals surface area contributed by atoms with Crippen molar-refractivity contribution in [3.05, 3.63) is 29.6 Å². The lowest BCUT2D eigenvalue weighted by Crippen LogP contribution is -2.26. The maximum absolute atomic E-state index is 13.7. The van der Waals surface area contributed by atoms with E-state index in [9.17, 15) is 12.8 Å². The lowest BCUT2D eigenvalue weighted by molar-refractivity contribution is 0.281. The molecule has 0 amide bonds. The first-order chi connectivity index (χ1) is 9.53. The van der Waals surface area contributed by atoms with E-state index in [1.165, 1.54) is 25.0 Å². The number of halogens is 1. The van der Waals surface area contributed by atoms with Crippen LogP contribution >= 0.6 is 0 Å². The number of nitrogens with one attached hydrogen (secondary N) is 1. The SMILES string of the molecule is O=S(=O)(NCCC1CCCC1)c1ccc(CO)cc1F. The first-order valence-electron chi connectivity index (χ1n) is 6.92. The Bertz CT molecular complexity index is 554. The lowest BCUT2D eigenvalue weighted by Gasteiger charge is -2.11. The molecule has 0 unspecified atom stereocenters. The molecule has 0 aliphatic heterocycles. The van der Waals surface area contributed by atoms with Crippen molar-refractivity contribution in [1.29, 1.82) is 0 Å². The summed E-state index contributed by atoms with van der Waals surface area (Å²) in [6.45, 7) is 0.0283. The summed E-state index contributed by atoms with van der Waals surface area (Å²) in [5.41, 5.74) is 0.354. The van der Waals surface area contributed by atoms with E-state index in [1.54, 1.807) is 0 Å². The molecule has 112 valence electrons. The van der Waals surface area contributed by atoms with Gasteiger partial charge in [-0.3, -0.25) is 0 Å². The monoisotopic (exact) mass is 301 g/mol. The molecule has 0 aromatic heterocycles. The maximum atomic E-state index is 13.7. The van der Waals surface area contributed by atoms with Gasteiger partial charge in [-0.05, 0) is 30.0 Å². The van der Waals surface area contributed by atoms with Gasteiger partial charge in [0.15, 0.2) is 0 Å². The molecule has 1 aliphatic rings. The molecule has 1 aliphatic carbocycles. The number of hydrogen-bond donors (Lipinski definition) is 2. The highest BCUT2D eigenvalue weighted by atomic mass is 32.2. The highest BCUT2D eigenvalue weighted by Crippen LogP contribution is 2.27. The van der Waals surface area contributed by atoms with Crippen LogP contribution in [-0.4, -0.2) is 20.1 Å². The average molecular weight is 301 g/mol. The molecule has 1 aromatic carbocycles. The maximum Gasteiger partial charge on any atom is 0.243 e. The Morgan fingerprint density at radius 1 is 1.30 bits per heavy atom. The molecule has 0 spiro atoms. The Hall–Kier alpha value is -0.980. The summed E-state index contributed by atoms with van der Waals surface area (Å²) in [6.07, 6.45) is 5.54. The highest BCUT2D eigenvalue weighted by Gasteiger charge is 2.20. The van der Waals surface area contributed by atoms with Gasteiger partial charge in [-0.15, -0.1) is 0 Å². The predicted molar refractivity (Wildman–Crippen MR) is 74.1 cm³/mol. The molecular formula is C14H20FNO3S. The van der Waals surface area contributed by atoms with Crippen LogP contribution in [0.4, 0.5) is 4.39 Å². The van der Waals surface area contributed by atoms with Crippen LogP contribution in [0.1, 0.15) is 37.7 Å². The first-order valence-corrected chi connectivity index (χ1v) is 8.40. The van der Waals surface area contributed by atoms with Gasteiger partial charge in [0.1, 0.15) is 10.7 Å². The van der Waals surface area contributed by atoms with E-state index in [1.807, 2.05) is 0 Å². The van der Waals surface area contributed by atoms with Crippen LogP contribution in [0.2, 0.25) is 0 Å². The van der Waals surface area contributed by atoms with Crippen molar-refractivity contribution in [1.82, 2.24) is 4.72 Å². The van der Waals surface area contributed by atoms with E-state index in [4.69, 9.17) is 5.11 Å². The normalized spacial score (nSPS) is 16.7. The van der Waals surface area contributed by atoms with Gasteiger partial charge >= 0.3 is 0 Å². The van der Waals surface area contributed by atoms with Gasteiger partial charge in [-0.25, -0.2) is 17.5 Å². The summed E-state index contributed by atoms with van der Waals surface area (Å²) in [5, 5.41) is 8.89. The second kappa shape index (κ2) is 6.65. The van der Waals surface area contributed by atoms with Crippen molar-refractivity contribution in [2.24, 2.45) is 5.92 Å². The standard InChI is InChI=1S/C14H20FNO3S/c15-13-9-12(10-17)5-6-14(13)20(18,19)16-8-7-11-3-1-2-4-11/h5-6,9,11,16-17H,1-4,7-8,10H2. The topological polar surface area (TPSA) is 66.4 Å². The van der Waals surface area contributed by atoms with E-state index < -0.39 is 15.8 Å². The zero-order valence-corrected chi connectivity index (χ0v) is 12.1. The molecule has 1 fully saturated rings. The number of rotatable bonds is 6. The van der Waals surface area contributed by atoms with Crippen molar-refractivity contribution in [3.63, 3.8) is 0 Å². The molecule has 1 aromatic rings. The molecular weight excluding hydrogens is 281 g/mol. The third kappa shape index (κ3) is 3.77. The minimum absolute atomic E-state index is 0.313. The molecule has 2 N–H and O–H groups in total. The van der Waals surface area contributed by atoms with Crippen molar-refractivity contribution >= 4 is 10.0 Å². The molecule has 6 heteroatoms. The van der Waals surface area contributed by atoms with Crippen molar-refractivity contribution < 1.29 is 17.9 Å². The third-order valence-electron chi connectivity index (χ3n) is 3.79. The van der Waals surface area contributed by atoms with Gasteiger partial charge in [-0.1, -0.05) is 31.7 Å². The van der Waals surface area contributed by atoms with Gasteiger partial charge in [-0.2, -0.15) is 0 Å². The predicted octanol–water partition coefficient (Wildman–Crippen LogP) is 2.18. The van der Waals surface area contributed by atoms with Crippen molar-refractivity contribution in [2.75, 3.05) is 6.54 Å². The van der Waals surface area contributed by atoms with Crippen LogP contribution in [0.15, 0.2) is 23.1 Å². The fraction of sp³-hybridized carbons (Fsp3) is 0.571. The van der Waals surface area contributed by atoms with E-state index in [2.05, 4.69) is 4.72 Å². The highest BCUT2D eigenvalue weighted by molar-refractivity contribution is 7.89. The van der Waals surface area contributed by atoms with E-state index in [-0.39, 0.29) is 11.5 Å². The van der Waals surface area contributed by atoms with E-state index >= 15 is 0 Å². The van der Waals surface area contributed by atoms with Gasteiger partial charge in [0.25, 0.3) is 0 Å². The summed E-state index contributed by atoms with van der Waals surface area (Å²) >= 11 is 0. The van der Waals surface area contributed by atoms with Crippen LogP contribution in [0.5, 0.6) is 0 Å². The van der Waals surface area contributed by atoms with Crippen LogP contribution in [0, 0.1) is 11.7 Å². The molecule has 0 saturated heterocycles. The van der Waals surface area contributed by atoms with Gasteiger partial charge in [0, 0.05) is 6.54 Å². The Kier molecular flexibility index (Phi) is 5.12. The minimum Gasteiger partial charge on any atom is -0.392 e. The van der Waals surface area contributed by atoms with Crippen LogP contribution in [0.3, 0.4) is 0 Å². The fourth-order valence-corrected chi connectivity index (χ4v) is 3.74. The van der Waals surface area contributed by atoms with Crippen molar-refractivity contribution in [2.45, 2.75) is 43.6 Å². The van der Waals surface area contributed by atoms with Gasteiger partial charge in [0.05, 0.1) is 6.61 Å². The van der Waals surface area contributed by atoms with Gasteiger partial charge in [0.2, 0.25) is 10.0 Å². The minimum atomic E-state index is -3.81. The number of aliphatic hydroxyl groups excluding tert-OH is 1. The zero-order chi connectivity index (χ0) is 14.6. The van der Waals surface area contributed by atoms with Crippen LogP contribution in [0.25, 0.3) is 0 Å². The van der Waals surface area contributed by atoms with Gasteiger partial charge < -0.3 is 5.11 Å². The largest absolute Gasteiger partial charge is 0.392 e. The summed E-state index contributed by atoms with van der Waals surface area (Å²) < 4.78 is 40.2. The fourth-order valence-electron chi connectivity index (χ4n) is 2.63. The van der Waals surface area contributed by atoms with E-state index in [0.717, 1.165) is 25.3 Å². The molecule has 0 atom stereocenters. The smallest absolute Gasteiger partial charge is 0.243 e. The van der Waals surface area contributed by atoms with Crippen LogP contribution < -0.4 is 4.72 Å². The summed E-state index contributed by atoms with van der Waals surface area (Å²) in [7, 11) is -3.81. The second-order valence-corrected chi connectivity index (χ2v) is 7.00. The summed E-state index contributed by atoms with van der Waals surface area (Å²) in [6, 6.07) is 3.65. The molecule has 0 bridgehead atoms. The lowest BCUT2D eigenvalue weighted by atomic mass is 10.1. The molecule has 0 radical (unpaired) electrons. The summed E-state index contributed by atoms with van der Waals surface area (Å²) in [4.78, 5) is -0.360. The van der Waals surface area contributed by atoms with Crippen LogP contribution in [-0.2, 0) is 16.6 Å². The molecule has 2 rings (SSSR count). The first kappa shape index (κ1) is 15.4. The average Bonchev–Trinajstić information content (AvgIpc) is 2.91. The number of sulfonamides is 1. The summed E-state index contributed by atoms with van der Waals surface area (Å²) in [5.74, 6) is -0.246. The Balaban J connectivity index is 1.98. The molecule has 1 saturated carbocycles. The Labute approximate surface area is 119 Å². The van der Waals surface area contributed by atoms with E-state index in [0.29, 0.717) is 18.0 Å². The Morgan fingerprint density at radius 3 is 2.60 bits per heavy atom. The number of benzene rings is 1. The number of aliphatic hydroxyl groups is 1. The van der Waals surface area contributed by atoms with Crippen molar-refractivity contribution in [3.8, 4) is 0 Å². The molecule has 20 heavy (non-hydrogen) atoms.